The number of hydrogen-bond donors (Lipinski definition) is 1. The summed E-state index contributed by atoms with van der Waals surface area (Å²) in [5, 5.41) is 3.12. The van der Waals surface area contributed by atoms with Crippen molar-refractivity contribution in [1.82, 2.24) is 5.32 Å². The zero-order valence-corrected chi connectivity index (χ0v) is 12.3. The summed E-state index contributed by atoms with van der Waals surface area (Å²) in [5.74, 6) is -0.892. The van der Waals surface area contributed by atoms with Gasteiger partial charge in [-0.25, -0.2) is 4.39 Å². The van der Waals surface area contributed by atoms with Crippen molar-refractivity contribution in [2.45, 2.75) is 37.6 Å². The second-order valence-corrected chi connectivity index (χ2v) is 6.09. The molecule has 6 heteroatoms. The lowest BCUT2D eigenvalue weighted by atomic mass is 9.79. The third kappa shape index (κ3) is 2.50. The SMILES string of the molecule is O=C1CN(c2cc(F)ccc2Cl)C(=O)C2(CCCCC2)N1. The molecule has 1 saturated carbocycles. The van der Waals surface area contributed by atoms with E-state index in [1.165, 1.54) is 23.1 Å². The molecular formula is C15H16ClFN2O2. The minimum Gasteiger partial charge on any atom is -0.340 e. The number of nitrogens with zero attached hydrogens (tertiary/aromatic N) is 1. The van der Waals surface area contributed by atoms with Gasteiger partial charge in [0.2, 0.25) is 5.91 Å². The summed E-state index contributed by atoms with van der Waals surface area (Å²) < 4.78 is 13.5. The molecular weight excluding hydrogens is 295 g/mol. The van der Waals surface area contributed by atoms with Crippen LogP contribution in [0.15, 0.2) is 18.2 Å². The van der Waals surface area contributed by atoms with E-state index < -0.39 is 11.4 Å². The van der Waals surface area contributed by atoms with Gasteiger partial charge in [0.05, 0.1) is 10.7 Å². The van der Waals surface area contributed by atoms with Gasteiger partial charge in [-0.3, -0.25) is 14.5 Å². The minimum absolute atomic E-state index is 0.121. The van der Waals surface area contributed by atoms with E-state index in [0.717, 1.165) is 19.3 Å². The van der Waals surface area contributed by atoms with Crippen molar-refractivity contribution in [1.29, 1.82) is 0 Å². The Balaban J connectivity index is 1.99. The Hall–Kier alpha value is -1.62. The zero-order chi connectivity index (χ0) is 15.0. The quantitative estimate of drug-likeness (QED) is 0.867. The smallest absolute Gasteiger partial charge is 0.253 e. The molecule has 1 aromatic rings. The Morgan fingerprint density at radius 2 is 1.90 bits per heavy atom. The van der Waals surface area contributed by atoms with Crippen LogP contribution in [0.3, 0.4) is 0 Å². The van der Waals surface area contributed by atoms with E-state index in [2.05, 4.69) is 5.32 Å². The molecule has 1 heterocycles. The number of amides is 2. The van der Waals surface area contributed by atoms with Crippen LogP contribution >= 0.6 is 11.6 Å². The molecule has 1 aliphatic heterocycles. The van der Waals surface area contributed by atoms with E-state index in [-0.39, 0.29) is 29.1 Å². The normalized spacial score (nSPS) is 21.5. The second kappa shape index (κ2) is 5.30. The fourth-order valence-corrected chi connectivity index (χ4v) is 3.43. The monoisotopic (exact) mass is 310 g/mol. The number of nitrogens with one attached hydrogen (secondary N) is 1. The van der Waals surface area contributed by atoms with Gasteiger partial charge in [0, 0.05) is 0 Å². The van der Waals surface area contributed by atoms with Crippen molar-refractivity contribution in [3.8, 4) is 0 Å². The maximum atomic E-state index is 13.5. The molecule has 0 bridgehead atoms. The first kappa shape index (κ1) is 14.3. The number of piperazine rings is 1. The van der Waals surface area contributed by atoms with Crippen LogP contribution in [-0.4, -0.2) is 23.9 Å². The molecule has 0 aromatic heterocycles. The number of carbonyl (C=O) groups excluding carboxylic acids is 2. The van der Waals surface area contributed by atoms with Gasteiger partial charge in [-0.15, -0.1) is 0 Å². The number of anilines is 1. The van der Waals surface area contributed by atoms with E-state index in [1.807, 2.05) is 0 Å². The highest BCUT2D eigenvalue weighted by Gasteiger charge is 2.47. The van der Waals surface area contributed by atoms with Crippen LogP contribution in [0.25, 0.3) is 0 Å². The Bertz CT molecular complexity index is 599. The predicted molar refractivity (Wildman–Crippen MR) is 77.7 cm³/mol. The molecule has 0 unspecified atom stereocenters. The Morgan fingerprint density at radius 1 is 1.19 bits per heavy atom. The van der Waals surface area contributed by atoms with Gasteiger partial charge < -0.3 is 5.32 Å². The molecule has 1 aromatic carbocycles. The summed E-state index contributed by atoms with van der Waals surface area (Å²) in [4.78, 5) is 26.2. The molecule has 21 heavy (non-hydrogen) atoms. The first-order valence-electron chi connectivity index (χ1n) is 7.10. The van der Waals surface area contributed by atoms with Gasteiger partial charge >= 0.3 is 0 Å². The van der Waals surface area contributed by atoms with Crippen LogP contribution in [-0.2, 0) is 9.59 Å². The number of halogens is 2. The van der Waals surface area contributed by atoms with Gasteiger partial charge in [0.15, 0.2) is 0 Å². The van der Waals surface area contributed by atoms with Gasteiger partial charge in [0.25, 0.3) is 5.91 Å². The molecule has 0 atom stereocenters. The van der Waals surface area contributed by atoms with Crippen molar-refractivity contribution in [3.63, 3.8) is 0 Å². The van der Waals surface area contributed by atoms with Crippen LogP contribution in [0.1, 0.15) is 32.1 Å². The van der Waals surface area contributed by atoms with Gasteiger partial charge in [-0.05, 0) is 31.0 Å². The molecule has 2 fully saturated rings. The van der Waals surface area contributed by atoms with Crippen molar-refractivity contribution >= 4 is 29.1 Å². The van der Waals surface area contributed by atoms with E-state index >= 15 is 0 Å². The van der Waals surface area contributed by atoms with E-state index in [0.29, 0.717) is 12.8 Å². The molecule has 3 rings (SSSR count). The third-order valence-electron chi connectivity index (χ3n) is 4.24. The molecule has 112 valence electrons. The van der Waals surface area contributed by atoms with E-state index in [9.17, 15) is 14.0 Å². The largest absolute Gasteiger partial charge is 0.340 e. The summed E-state index contributed by atoms with van der Waals surface area (Å²) in [6, 6.07) is 3.84. The number of benzene rings is 1. The molecule has 2 amide bonds. The number of rotatable bonds is 1. The maximum absolute atomic E-state index is 13.5. The minimum atomic E-state index is -0.844. The fourth-order valence-electron chi connectivity index (χ4n) is 3.22. The zero-order valence-electron chi connectivity index (χ0n) is 11.5. The lowest BCUT2D eigenvalue weighted by Gasteiger charge is -2.44. The summed E-state index contributed by atoms with van der Waals surface area (Å²) in [6.45, 7) is -0.121. The first-order valence-corrected chi connectivity index (χ1v) is 7.48. The highest BCUT2D eigenvalue weighted by molar-refractivity contribution is 6.34. The molecule has 1 saturated heterocycles. The predicted octanol–water partition coefficient (Wildman–Crippen LogP) is 2.64. The summed E-state index contributed by atoms with van der Waals surface area (Å²) in [5.41, 5.74) is -0.579. The topological polar surface area (TPSA) is 49.4 Å². The maximum Gasteiger partial charge on any atom is 0.253 e. The third-order valence-corrected chi connectivity index (χ3v) is 4.56. The molecule has 2 aliphatic rings. The molecule has 0 radical (unpaired) electrons. The van der Waals surface area contributed by atoms with Crippen molar-refractivity contribution < 1.29 is 14.0 Å². The van der Waals surface area contributed by atoms with Crippen molar-refractivity contribution in [2.75, 3.05) is 11.4 Å². The van der Waals surface area contributed by atoms with Gasteiger partial charge in [-0.1, -0.05) is 30.9 Å². The van der Waals surface area contributed by atoms with Crippen LogP contribution in [0.4, 0.5) is 10.1 Å². The molecule has 1 aliphatic carbocycles. The highest BCUT2D eigenvalue weighted by Crippen LogP contribution is 2.36. The van der Waals surface area contributed by atoms with Crippen molar-refractivity contribution in [2.24, 2.45) is 0 Å². The lowest BCUT2D eigenvalue weighted by molar-refractivity contribution is -0.137. The van der Waals surface area contributed by atoms with Crippen LogP contribution < -0.4 is 10.2 Å². The van der Waals surface area contributed by atoms with E-state index in [4.69, 9.17) is 11.6 Å². The standard InChI is InChI=1S/C15H16ClFN2O2/c16-11-5-4-10(17)8-12(11)19-9-13(20)18-15(14(19)21)6-2-1-3-7-15/h4-5,8H,1-3,6-7,9H2,(H,18,20). The fraction of sp³-hybridized carbons (Fsp3) is 0.467. The van der Waals surface area contributed by atoms with Crippen LogP contribution in [0.5, 0.6) is 0 Å². The van der Waals surface area contributed by atoms with E-state index in [1.54, 1.807) is 0 Å². The van der Waals surface area contributed by atoms with Gasteiger partial charge in [-0.2, -0.15) is 0 Å². The first-order chi connectivity index (χ1) is 10.0. The van der Waals surface area contributed by atoms with Crippen LogP contribution in [0.2, 0.25) is 5.02 Å². The summed E-state index contributed by atoms with van der Waals surface area (Å²) in [7, 11) is 0. The van der Waals surface area contributed by atoms with Crippen LogP contribution in [0, 0.1) is 5.82 Å². The molecule has 1 N–H and O–H groups in total. The number of hydrogen-bond acceptors (Lipinski definition) is 2. The lowest BCUT2D eigenvalue weighted by Crippen LogP contribution is -2.67. The molecule has 1 spiro atoms. The molecule has 4 nitrogen and oxygen atoms in total. The second-order valence-electron chi connectivity index (χ2n) is 5.68. The highest BCUT2D eigenvalue weighted by atomic mass is 35.5. The Morgan fingerprint density at radius 3 is 2.62 bits per heavy atom. The average Bonchev–Trinajstić information content (AvgIpc) is 2.47. The van der Waals surface area contributed by atoms with Gasteiger partial charge in [0.1, 0.15) is 17.9 Å². The summed E-state index contributed by atoms with van der Waals surface area (Å²) in [6.07, 6.45) is 4.11. The Kier molecular flexibility index (Phi) is 3.61. The average molecular weight is 311 g/mol. The summed E-state index contributed by atoms with van der Waals surface area (Å²) >= 11 is 6.08. The Labute approximate surface area is 127 Å². The number of carbonyl (C=O) groups is 2. The van der Waals surface area contributed by atoms with Crippen molar-refractivity contribution in [3.05, 3.63) is 29.0 Å².